The Morgan fingerprint density at radius 2 is 1.70 bits per heavy atom. The highest BCUT2D eigenvalue weighted by atomic mass is 16.5. The molecule has 2 aromatic carbocycles. The predicted molar refractivity (Wildman–Crippen MR) is 129 cm³/mol. The Hall–Kier alpha value is -3.87. The van der Waals surface area contributed by atoms with Crippen LogP contribution in [0.15, 0.2) is 59.8 Å². The van der Waals surface area contributed by atoms with Gasteiger partial charge in [-0.15, -0.1) is 0 Å². The van der Waals surface area contributed by atoms with Crippen molar-refractivity contribution in [2.45, 2.75) is 26.3 Å². The van der Waals surface area contributed by atoms with Gasteiger partial charge in [0.25, 0.3) is 0 Å². The molecule has 1 atom stereocenters. The number of methoxy groups -OCH3 is 2. The van der Waals surface area contributed by atoms with Crippen LogP contribution < -0.4 is 14.8 Å². The minimum atomic E-state index is -0.255. The molecule has 1 aromatic heterocycles. The van der Waals surface area contributed by atoms with Gasteiger partial charge in [0.2, 0.25) is 0 Å². The van der Waals surface area contributed by atoms with Crippen LogP contribution in [0.1, 0.15) is 29.3 Å². The van der Waals surface area contributed by atoms with E-state index in [4.69, 9.17) is 14.6 Å². The molecule has 1 unspecified atom stereocenters. The summed E-state index contributed by atoms with van der Waals surface area (Å²) in [6.45, 7) is 3.98. The number of carbonyl (C=O) groups is 1. The van der Waals surface area contributed by atoms with Crippen molar-refractivity contribution in [2.75, 3.05) is 21.3 Å². The normalized spacial score (nSPS) is 15.2. The number of pyridine rings is 1. The summed E-state index contributed by atoms with van der Waals surface area (Å²) in [5.74, 6) is 1.27. The van der Waals surface area contributed by atoms with E-state index in [0.29, 0.717) is 23.6 Å². The van der Waals surface area contributed by atoms with Crippen molar-refractivity contribution in [1.29, 1.82) is 0 Å². The molecule has 1 aliphatic rings. The zero-order valence-corrected chi connectivity index (χ0v) is 19.5. The maximum Gasteiger partial charge on any atom is 0.337 e. The molecule has 1 N–H and O–H groups in total. The summed E-state index contributed by atoms with van der Waals surface area (Å²) in [6.07, 6.45) is 2.42. The van der Waals surface area contributed by atoms with Gasteiger partial charge in [-0.1, -0.05) is 30.3 Å². The van der Waals surface area contributed by atoms with Gasteiger partial charge in [0.05, 0.1) is 26.0 Å². The summed E-state index contributed by atoms with van der Waals surface area (Å²) in [7, 11) is 4.84. The number of aromatic nitrogens is 1. The van der Waals surface area contributed by atoms with Crippen molar-refractivity contribution in [3.05, 3.63) is 77.1 Å². The van der Waals surface area contributed by atoms with Crippen molar-refractivity contribution in [3.63, 3.8) is 0 Å². The number of hydrogen-bond donors (Lipinski definition) is 1. The van der Waals surface area contributed by atoms with Crippen LogP contribution in [0.3, 0.4) is 0 Å². The average Bonchev–Trinajstić information content (AvgIpc) is 2.98. The van der Waals surface area contributed by atoms with E-state index in [1.165, 1.54) is 5.01 Å². The molecule has 170 valence electrons. The number of nitrogens with one attached hydrogen (secondary N) is 1. The standard InChI is InChI=1S/C26H28N4O3/c1-16-13-20-14-23(32-4)24(33-5)15-22(20)25(29-30(16)26(31)27-3)19-10-8-18(9-11-19)21-7-6-12-28-17(21)2/h6-12,14-16H,13H2,1-5H3,(H,27,31). The fourth-order valence-electron chi connectivity index (χ4n) is 4.15. The first-order valence-electron chi connectivity index (χ1n) is 10.8. The topological polar surface area (TPSA) is 76.1 Å². The fraction of sp³-hybridized carbons (Fsp3) is 0.269. The van der Waals surface area contributed by atoms with Crippen LogP contribution in [0, 0.1) is 6.92 Å². The van der Waals surface area contributed by atoms with E-state index in [0.717, 1.165) is 33.5 Å². The molecule has 33 heavy (non-hydrogen) atoms. The van der Waals surface area contributed by atoms with Crippen LogP contribution >= 0.6 is 0 Å². The molecule has 0 spiro atoms. The Balaban J connectivity index is 1.86. The van der Waals surface area contributed by atoms with Gasteiger partial charge in [-0.3, -0.25) is 4.98 Å². The number of fused-ring (bicyclic) bond motifs is 1. The number of nitrogens with zero attached hydrogens (tertiary/aromatic N) is 3. The molecule has 0 radical (unpaired) electrons. The fourth-order valence-corrected chi connectivity index (χ4v) is 4.15. The third-order valence-corrected chi connectivity index (χ3v) is 5.90. The lowest BCUT2D eigenvalue weighted by molar-refractivity contribution is 0.184. The molecular formula is C26H28N4O3. The number of carbonyl (C=O) groups excluding carboxylic acids is 1. The van der Waals surface area contributed by atoms with Crippen molar-refractivity contribution >= 4 is 11.7 Å². The summed E-state index contributed by atoms with van der Waals surface area (Å²) in [4.78, 5) is 17.0. The zero-order valence-electron chi connectivity index (χ0n) is 19.5. The highest BCUT2D eigenvalue weighted by Crippen LogP contribution is 2.35. The largest absolute Gasteiger partial charge is 0.493 e. The van der Waals surface area contributed by atoms with E-state index in [9.17, 15) is 4.79 Å². The van der Waals surface area contributed by atoms with Crippen LogP contribution in [0.25, 0.3) is 11.1 Å². The van der Waals surface area contributed by atoms with Crippen LogP contribution in [0.4, 0.5) is 4.79 Å². The molecule has 0 saturated carbocycles. The lowest BCUT2D eigenvalue weighted by Gasteiger charge is -2.22. The van der Waals surface area contributed by atoms with Crippen LogP contribution in [0.5, 0.6) is 11.5 Å². The van der Waals surface area contributed by atoms with E-state index >= 15 is 0 Å². The molecule has 7 heteroatoms. The second-order valence-electron chi connectivity index (χ2n) is 7.98. The van der Waals surface area contributed by atoms with Crippen molar-refractivity contribution < 1.29 is 14.3 Å². The van der Waals surface area contributed by atoms with Crippen molar-refractivity contribution in [3.8, 4) is 22.6 Å². The van der Waals surface area contributed by atoms with E-state index in [1.54, 1.807) is 27.5 Å². The summed E-state index contributed by atoms with van der Waals surface area (Å²) in [5.41, 5.74) is 6.68. The summed E-state index contributed by atoms with van der Waals surface area (Å²) in [5, 5.41) is 9.02. The number of benzene rings is 2. The maximum absolute atomic E-state index is 12.6. The number of ether oxygens (including phenoxy) is 2. The summed E-state index contributed by atoms with van der Waals surface area (Å²) < 4.78 is 11.1. The van der Waals surface area contributed by atoms with E-state index in [-0.39, 0.29) is 12.1 Å². The van der Waals surface area contributed by atoms with Crippen LogP contribution in [-0.4, -0.2) is 49.0 Å². The van der Waals surface area contributed by atoms with Crippen molar-refractivity contribution in [2.24, 2.45) is 5.10 Å². The van der Waals surface area contributed by atoms with Gasteiger partial charge in [-0.2, -0.15) is 5.10 Å². The van der Waals surface area contributed by atoms with E-state index in [2.05, 4.69) is 28.5 Å². The molecule has 2 amide bonds. The summed E-state index contributed by atoms with van der Waals surface area (Å²) >= 11 is 0. The maximum atomic E-state index is 12.6. The first-order valence-corrected chi connectivity index (χ1v) is 10.8. The second kappa shape index (κ2) is 9.32. The second-order valence-corrected chi connectivity index (χ2v) is 7.98. The van der Waals surface area contributed by atoms with E-state index in [1.807, 2.05) is 44.2 Å². The molecule has 0 saturated heterocycles. The predicted octanol–water partition coefficient (Wildman–Crippen LogP) is 4.41. The minimum Gasteiger partial charge on any atom is -0.493 e. The number of aryl methyl sites for hydroxylation is 1. The highest BCUT2D eigenvalue weighted by molar-refractivity contribution is 6.14. The SMILES string of the molecule is CNC(=O)N1N=C(c2ccc(-c3cccnc3C)cc2)c2cc(OC)c(OC)cc2CC1C. The Morgan fingerprint density at radius 1 is 1.03 bits per heavy atom. The molecule has 0 bridgehead atoms. The zero-order chi connectivity index (χ0) is 23.5. The van der Waals surface area contributed by atoms with Gasteiger partial charge in [-0.25, -0.2) is 9.80 Å². The average molecular weight is 445 g/mol. The Kier molecular flexibility index (Phi) is 6.31. The molecule has 2 heterocycles. The quantitative estimate of drug-likeness (QED) is 0.647. The first kappa shape index (κ1) is 22.3. The number of hydrazone groups is 1. The number of urea groups is 1. The molecule has 7 nitrogen and oxygen atoms in total. The highest BCUT2D eigenvalue weighted by Gasteiger charge is 2.28. The van der Waals surface area contributed by atoms with Crippen molar-refractivity contribution in [1.82, 2.24) is 15.3 Å². The Morgan fingerprint density at radius 3 is 2.33 bits per heavy atom. The van der Waals surface area contributed by atoms with Gasteiger partial charge >= 0.3 is 6.03 Å². The van der Waals surface area contributed by atoms with Gasteiger partial charge in [0, 0.05) is 35.6 Å². The van der Waals surface area contributed by atoms with Gasteiger partial charge < -0.3 is 14.8 Å². The van der Waals surface area contributed by atoms with Crippen LogP contribution in [-0.2, 0) is 6.42 Å². The third-order valence-electron chi connectivity index (χ3n) is 5.90. The third kappa shape index (κ3) is 4.26. The Labute approximate surface area is 194 Å². The smallest absolute Gasteiger partial charge is 0.337 e. The number of amides is 2. The Bertz CT molecular complexity index is 1200. The molecule has 4 rings (SSSR count). The number of hydrogen-bond acceptors (Lipinski definition) is 5. The molecule has 0 aliphatic carbocycles. The van der Waals surface area contributed by atoms with Gasteiger partial charge in [0.1, 0.15) is 0 Å². The molecule has 3 aromatic rings. The number of rotatable bonds is 4. The summed E-state index contributed by atoms with van der Waals surface area (Å²) in [6, 6.07) is 15.7. The lowest BCUT2D eigenvalue weighted by Crippen LogP contribution is -2.41. The van der Waals surface area contributed by atoms with Gasteiger partial charge in [-0.05, 0) is 49.6 Å². The minimum absolute atomic E-state index is 0.142. The first-order chi connectivity index (χ1) is 16.0. The van der Waals surface area contributed by atoms with Crippen LogP contribution in [0.2, 0.25) is 0 Å². The molecule has 0 fully saturated rings. The molecule has 1 aliphatic heterocycles. The monoisotopic (exact) mass is 444 g/mol. The molecular weight excluding hydrogens is 416 g/mol. The van der Waals surface area contributed by atoms with Gasteiger partial charge in [0.15, 0.2) is 11.5 Å². The lowest BCUT2D eigenvalue weighted by atomic mass is 9.93. The van der Waals surface area contributed by atoms with E-state index < -0.39 is 0 Å².